The Kier molecular flexibility index (Phi) is 4.56. The first-order chi connectivity index (χ1) is 6.95. The number of ether oxygens (including phenoxy) is 1. The van der Waals surface area contributed by atoms with Crippen molar-refractivity contribution in [1.29, 1.82) is 0 Å². The van der Waals surface area contributed by atoms with E-state index in [9.17, 15) is 0 Å². The zero-order chi connectivity index (χ0) is 11.5. The Morgan fingerprint density at radius 3 is 2.60 bits per heavy atom. The van der Waals surface area contributed by atoms with E-state index in [2.05, 4.69) is 45.0 Å². The van der Waals surface area contributed by atoms with E-state index in [1.54, 1.807) is 0 Å². The number of rotatable bonds is 3. The molecule has 3 nitrogen and oxygen atoms in total. The maximum Gasteiger partial charge on any atom is 0.0860 e. The summed E-state index contributed by atoms with van der Waals surface area (Å²) < 4.78 is 5.89. The van der Waals surface area contributed by atoms with E-state index in [0.29, 0.717) is 12.1 Å². The van der Waals surface area contributed by atoms with Crippen LogP contribution in [0.1, 0.15) is 27.7 Å². The van der Waals surface area contributed by atoms with Crippen LogP contribution < -0.4 is 5.32 Å². The second-order valence-corrected chi connectivity index (χ2v) is 5.57. The predicted molar refractivity (Wildman–Crippen MR) is 64.2 cm³/mol. The van der Waals surface area contributed by atoms with Gasteiger partial charge in [0.2, 0.25) is 0 Å². The van der Waals surface area contributed by atoms with E-state index in [0.717, 1.165) is 26.2 Å². The standard InChI is InChI=1S/C12H26N2O/c1-6-13-11(12(2,3)4)10-9-14(5)7-8-15-10/h10-11,13H,6-9H2,1-5H3. The number of nitrogens with one attached hydrogen (secondary N) is 1. The summed E-state index contributed by atoms with van der Waals surface area (Å²) >= 11 is 0. The minimum absolute atomic E-state index is 0.249. The average molecular weight is 214 g/mol. The van der Waals surface area contributed by atoms with Gasteiger partial charge in [-0.3, -0.25) is 0 Å². The molecule has 2 unspecified atom stereocenters. The van der Waals surface area contributed by atoms with Crippen molar-refractivity contribution < 1.29 is 4.74 Å². The molecule has 0 bridgehead atoms. The van der Waals surface area contributed by atoms with E-state index in [-0.39, 0.29) is 5.41 Å². The highest BCUT2D eigenvalue weighted by molar-refractivity contribution is 4.90. The fraction of sp³-hybridized carbons (Fsp3) is 1.00. The quantitative estimate of drug-likeness (QED) is 0.767. The molecule has 1 saturated heterocycles. The highest BCUT2D eigenvalue weighted by Gasteiger charge is 2.34. The molecule has 1 fully saturated rings. The Labute approximate surface area is 94.2 Å². The Bertz CT molecular complexity index is 189. The molecule has 0 aliphatic carbocycles. The third-order valence-electron chi connectivity index (χ3n) is 3.03. The van der Waals surface area contributed by atoms with Crippen LogP contribution in [0.25, 0.3) is 0 Å². The molecule has 1 heterocycles. The largest absolute Gasteiger partial charge is 0.374 e. The number of morpholine rings is 1. The lowest BCUT2D eigenvalue weighted by molar-refractivity contribution is -0.0582. The van der Waals surface area contributed by atoms with Crippen LogP contribution >= 0.6 is 0 Å². The van der Waals surface area contributed by atoms with Gasteiger partial charge in [-0.25, -0.2) is 0 Å². The van der Waals surface area contributed by atoms with Gasteiger partial charge in [-0.2, -0.15) is 0 Å². The highest BCUT2D eigenvalue weighted by Crippen LogP contribution is 2.25. The first kappa shape index (κ1) is 12.9. The molecule has 1 rings (SSSR count). The molecule has 1 aliphatic heterocycles. The zero-order valence-electron chi connectivity index (χ0n) is 10.8. The molecule has 0 spiro atoms. The van der Waals surface area contributed by atoms with Gasteiger partial charge in [0, 0.05) is 19.1 Å². The molecular formula is C12H26N2O. The molecule has 1 aliphatic rings. The SMILES string of the molecule is CCNC(C1CN(C)CCO1)C(C)(C)C. The monoisotopic (exact) mass is 214 g/mol. The van der Waals surface area contributed by atoms with Crippen LogP contribution in [-0.2, 0) is 4.74 Å². The van der Waals surface area contributed by atoms with Gasteiger partial charge in [-0.05, 0) is 19.0 Å². The van der Waals surface area contributed by atoms with Crippen molar-refractivity contribution in [3.63, 3.8) is 0 Å². The van der Waals surface area contributed by atoms with Gasteiger partial charge in [0.1, 0.15) is 0 Å². The molecule has 1 N–H and O–H groups in total. The third-order valence-corrected chi connectivity index (χ3v) is 3.03. The van der Waals surface area contributed by atoms with Crippen LogP contribution in [0.15, 0.2) is 0 Å². The molecule has 2 atom stereocenters. The molecule has 0 saturated carbocycles. The van der Waals surface area contributed by atoms with Crippen LogP contribution in [0, 0.1) is 5.41 Å². The maximum absolute atomic E-state index is 5.89. The maximum atomic E-state index is 5.89. The smallest absolute Gasteiger partial charge is 0.0860 e. The van der Waals surface area contributed by atoms with Gasteiger partial charge in [0.15, 0.2) is 0 Å². The van der Waals surface area contributed by atoms with Crippen LogP contribution in [0.3, 0.4) is 0 Å². The molecule has 0 amide bonds. The summed E-state index contributed by atoms with van der Waals surface area (Å²) in [6.45, 7) is 12.9. The lowest BCUT2D eigenvalue weighted by atomic mass is 9.82. The van der Waals surface area contributed by atoms with Crippen molar-refractivity contribution in [2.45, 2.75) is 39.8 Å². The fourth-order valence-corrected chi connectivity index (χ4v) is 2.23. The lowest BCUT2D eigenvalue weighted by Gasteiger charge is -2.41. The number of likely N-dealkylation sites (N-methyl/N-ethyl adjacent to an activating group) is 2. The summed E-state index contributed by atoms with van der Waals surface area (Å²) in [4.78, 5) is 2.35. The van der Waals surface area contributed by atoms with Crippen molar-refractivity contribution in [2.75, 3.05) is 33.3 Å². The van der Waals surface area contributed by atoms with Crippen molar-refractivity contribution in [1.82, 2.24) is 10.2 Å². The number of nitrogens with zero attached hydrogens (tertiary/aromatic N) is 1. The summed E-state index contributed by atoms with van der Waals surface area (Å²) in [5.74, 6) is 0. The molecule has 0 radical (unpaired) electrons. The molecule has 3 heteroatoms. The van der Waals surface area contributed by atoms with E-state index < -0.39 is 0 Å². The van der Waals surface area contributed by atoms with Crippen LogP contribution in [0.2, 0.25) is 0 Å². The van der Waals surface area contributed by atoms with Crippen molar-refractivity contribution in [2.24, 2.45) is 5.41 Å². The van der Waals surface area contributed by atoms with Gasteiger partial charge in [-0.15, -0.1) is 0 Å². The summed E-state index contributed by atoms with van der Waals surface area (Å²) in [6.07, 6.45) is 0.323. The van der Waals surface area contributed by atoms with E-state index in [1.807, 2.05) is 0 Å². The second kappa shape index (κ2) is 5.28. The van der Waals surface area contributed by atoms with Crippen molar-refractivity contribution in [3.8, 4) is 0 Å². The zero-order valence-corrected chi connectivity index (χ0v) is 10.8. The van der Waals surface area contributed by atoms with Gasteiger partial charge < -0.3 is 15.0 Å². The van der Waals surface area contributed by atoms with E-state index in [1.165, 1.54) is 0 Å². The van der Waals surface area contributed by atoms with Crippen LogP contribution in [0.5, 0.6) is 0 Å². The second-order valence-electron chi connectivity index (χ2n) is 5.57. The first-order valence-electron chi connectivity index (χ1n) is 5.98. The van der Waals surface area contributed by atoms with E-state index in [4.69, 9.17) is 4.74 Å². The summed E-state index contributed by atoms with van der Waals surface area (Å²) in [6, 6.07) is 0.435. The summed E-state index contributed by atoms with van der Waals surface area (Å²) in [5.41, 5.74) is 0.249. The third kappa shape index (κ3) is 3.74. The van der Waals surface area contributed by atoms with Crippen molar-refractivity contribution >= 4 is 0 Å². The average Bonchev–Trinajstić information content (AvgIpc) is 2.12. The van der Waals surface area contributed by atoms with Gasteiger partial charge in [0.25, 0.3) is 0 Å². The summed E-state index contributed by atoms with van der Waals surface area (Å²) in [5, 5.41) is 3.56. The Balaban J connectivity index is 2.62. The minimum atomic E-state index is 0.249. The Morgan fingerprint density at radius 1 is 1.47 bits per heavy atom. The lowest BCUT2D eigenvalue weighted by Crippen LogP contribution is -2.56. The molecule has 15 heavy (non-hydrogen) atoms. The Morgan fingerprint density at radius 2 is 2.13 bits per heavy atom. The topological polar surface area (TPSA) is 24.5 Å². The molecule has 90 valence electrons. The normalized spacial score (nSPS) is 26.6. The first-order valence-corrected chi connectivity index (χ1v) is 5.98. The Hall–Kier alpha value is -0.120. The molecular weight excluding hydrogens is 188 g/mol. The number of hydrogen-bond acceptors (Lipinski definition) is 3. The predicted octanol–water partition coefficient (Wildman–Crippen LogP) is 1.34. The van der Waals surface area contributed by atoms with Gasteiger partial charge in [-0.1, -0.05) is 27.7 Å². The number of hydrogen-bond donors (Lipinski definition) is 1. The molecule has 0 aromatic carbocycles. The van der Waals surface area contributed by atoms with Crippen LogP contribution in [0.4, 0.5) is 0 Å². The van der Waals surface area contributed by atoms with Crippen LogP contribution in [-0.4, -0.2) is 50.3 Å². The minimum Gasteiger partial charge on any atom is -0.374 e. The highest BCUT2D eigenvalue weighted by atomic mass is 16.5. The molecule has 0 aromatic heterocycles. The summed E-state index contributed by atoms with van der Waals surface area (Å²) in [7, 11) is 2.17. The van der Waals surface area contributed by atoms with Gasteiger partial charge >= 0.3 is 0 Å². The van der Waals surface area contributed by atoms with Gasteiger partial charge in [0.05, 0.1) is 12.7 Å². The fourth-order valence-electron chi connectivity index (χ4n) is 2.23. The van der Waals surface area contributed by atoms with Crippen molar-refractivity contribution in [3.05, 3.63) is 0 Å². The van der Waals surface area contributed by atoms with E-state index >= 15 is 0 Å². The molecule has 0 aromatic rings.